The Bertz CT molecular complexity index is 338. The molecule has 2 N–H and O–H groups in total. The standard InChI is InChI=1S/C12H19NO3/c1-8(11(15)13-12(2,3)4)10(14)9-6-5-7-16-9/h5-8,10,14H,1-4H3,(H,13,15)/t8-,10-/m1/s1. The summed E-state index contributed by atoms with van der Waals surface area (Å²) in [7, 11) is 0. The summed E-state index contributed by atoms with van der Waals surface area (Å²) in [5.74, 6) is -0.307. The van der Waals surface area contributed by atoms with Gasteiger partial charge in [0.25, 0.3) is 0 Å². The van der Waals surface area contributed by atoms with Gasteiger partial charge in [-0.1, -0.05) is 6.92 Å². The smallest absolute Gasteiger partial charge is 0.226 e. The first kappa shape index (κ1) is 12.8. The molecule has 4 heteroatoms. The van der Waals surface area contributed by atoms with Crippen LogP contribution < -0.4 is 5.32 Å². The van der Waals surface area contributed by atoms with Crippen LogP contribution in [0.4, 0.5) is 0 Å². The Morgan fingerprint density at radius 1 is 1.50 bits per heavy atom. The molecule has 0 saturated heterocycles. The number of furan rings is 1. The van der Waals surface area contributed by atoms with E-state index in [9.17, 15) is 9.90 Å². The number of nitrogens with one attached hydrogen (secondary N) is 1. The summed E-state index contributed by atoms with van der Waals surface area (Å²) in [5.41, 5.74) is -0.297. The Balaban J connectivity index is 2.64. The minimum absolute atomic E-state index is 0.184. The summed E-state index contributed by atoms with van der Waals surface area (Å²) in [4.78, 5) is 11.8. The summed E-state index contributed by atoms with van der Waals surface area (Å²) in [6.07, 6.45) is 0.574. The van der Waals surface area contributed by atoms with Crippen LogP contribution in [-0.2, 0) is 4.79 Å². The number of amides is 1. The van der Waals surface area contributed by atoms with Crippen molar-refractivity contribution in [3.05, 3.63) is 24.2 Å². The first-order valence-corrected chi connectivity index (χ1v) is 5.35. The quantitative estimate of drug-likeness (QED) is 0.825. The Hall–Kier alpha value is -1.29. The molecule has 1 rings (SSSR count). The Morgan fingerprint density at radius 2 is 2.12 bits per heavy atom. The molecule has 0 radical (unpaired) electrons. The third-order valence-corrected chi connectivity index (χ3v) is 2.22. The number of rotatable bonds is 3. The van der Waals surface area contributed by atoms with E-state index < -0.39 is 12.0 Å². The first-order valence-electron chi connectivity index (χ1n) is 5.35. The van der Waals surface area contributed by atoms with Gasteiger partial charge in [-0.05, 0) is 32.9 Å². The van der Waals surface area contributed by atoms with Crippen LogP contribution in [0.25, 0.3) is 0 Å². The van der Waals surface area contributed by atoms with Crippen molar-refractivity contribution in [2.24, 2.45) is 5.92 Å². The van der Waals surface area contributed by atoms with Crippen LogP contribution in [0.15, 0.2) is 22.8 Å². The molecule has 2 atom stereocenters. The number of carbonyl (C=O) groups is 1. The van der Waals surface area contributed by atoms with Gasteiger partial charge < -0.3 is 14.8 Å². The molecule has 1 amide bonds. The van der Waals surface area contributed by atoms with Gasteiger partial charge >= 0.3 is 0 Å². The van der Waals surface area contributed by atoms with Crippen molar-refractivity contribution < 1.29 is 14.3 Å². The minimum atomic E-state index is -0.905. The predicted molar refractivity (Wildman–Crippen MR) is 60.7 cm³/mol. The molecule has 0 aliphatic heterocycles. The highest BCUT2D eigenvalue weighted by Gasteiger charge is 2.27. The van der Waals surface area contributed by atoms with Gasteiger partial charge in [-0.25, -0.2) is 0 Å². The van der Waals surface area contributed by atoms with Gasteiger partial charge in [-0.2, -0.15) is 0 Å². The second-order valence-corrected chi connectivity index (χ2v) is 4.99. The van der Waals surface area contributed by atoms with Gasteiger partial charge in [0, 0.05) is 5.54 Å². The van der Waals surface area contributed by atoms with Crippen LogP contribution in [-0.4, -0.2) is 16.6 Å². The molecule has 1 aromatic rings. The number of hydrogen-bond acceptors (Lipinski definition) is 3. The fourth-order valence-electron chi connectivity index (χ4n) is 1.33. The van der Waals surface area contributed by atoms with Crippen molar-refractivity contribution in [1.29, 1.82) is 0 Å². The zero-order chi connectivity index (χ0) is 12.3. The molecule has 1 aromatic heterocycles. The zero-order valence-corrected chi connectivity index (χ0v) is 10.2. The molecular weight excluding hydrogens is 206 g/mol. The summed E-state index contributed by atoms with van der Waals surface area (Å²) in [6.45, 7) is 7.37. The zero-order valence-electron chi connectivity index (χ0n) is 10.2. The van der Waals surface area contributed by atoms with Crippen molar-refractivity contribution >= 4 is 5.91 Å². The van der Waals surface area contributed by atoms with Gasteiger partial charge in [0.15, 0.2) is 0 Å². The Kier molecular flexibility index (Phi) is 3.75. The van der Waals surface area contributed by atoms with Gasteiger partial charge in [0.2, 0.25) is 5.91 Å². The van der Waals surface area contributed by atoms with E-state index in [0.29, 0.717) is 5.76 Å². The summed E-state index contributed by atoms with van der Waals surface area (Å²) in [5, 5.41) is 12.7. The molecule has 0 spiro atoms. The van der Waals surface area contributed by atoms with E-state index in [1.54, 1.807) is 19.1 Å². The predicted octanol–water partition coefficient (Wildman–Crippen LogP) is 1.86. The maximum atomic E-state index is 11.8. The molecule has 90 valence electrons. The lowest BCUT2D eigenvalue weighted by Gasteiger charge is -2.24. The normalized spacial score (nSPS) is 15.6. The van der Waals surface area contributed by atoms with Crippen molar-refractivity contribution in [3.8, 4) is 0 Å². The summed E-state index contributed by atoms with van der Waals surface area (Å²) < 4.78 is 5.07. The van der Waals surface area contributed by atoms with Crippen molar-refractivity contribution in [2.75, 3.05) is 0 Å². The molecule has 0 aliphatic carbocycles. The third kappa shape index (κ3) is 3.38. The highest BCUT2D eigenvalue weighted by Crippen LogP contribution is 2.22. The van der Waals surface area contributed by atoms with Crippen LogP contribution in [0.3, 0.4) is 0 Å². The minimum Gasteiger partial charge on any atom is -0.467 e. The van der Waals surface area contributed by atoms with Gasteiger partial charge in [-0.3, -0.25) is 4.79 Å². The number of carbonyl (C=O) groups excluding carboxylic acids is 1. The fraction of sp³-hybridized carbons (Fsp3) is 0.583. The molecular formula is C12H19NO3. The van der Waals surface area contributed by atoms with Gasteiger partial charge in [-0.15, -0.1) is 0 Å². The number of hydrogen-bond donors (Lipinski definition) is 2. The van der Waals surface area contributed by atoms with Gasteiger partial charge in [0.05, 0.1) is 12.2 Å². The van der Waals surface area contributed by atoms with Crippen LogP contribution in [0, 0.1) is 5.92 Å². The van der Waals surface area contributed by atoms with Crippen LogP contribution >= 0.6 is 0 Å². The molecule has 0 saturated carbocycles. The van der Waals surface area contributed by atoms with E-state index >= 15 is 0 Å². The second kappa shape index (κ2) is 4.70. The maximum Gasteiger partial charge on any atom is 0.226 e. The first-order chi connectivity index (χ1) is 7.31. The number of aliphatic hydroxyl groups is 1. The monoisotopic (exact) mass is 225 g/mol. The molecule has 0 aliphatic rings. The Morgan fingerprint density at radius 3 is 2.56 bits per heavy atom. The Labute approximate surface area is 95.7 Å². The maximum absolute atomic E-state index is 11.8. The lowest BCUT2D eigenvalue weighted by Crippen LogP contribution is -2.44. The molecule has 1 heterocycles. The molecule has 0 fully saturated rings. The topological polar surface area (TPSA) is 62.5 Å². The largest absolute Gasteiger partial charge is 0.467 e. The van der Waals surface area contributed by atoms with E-state index in [0.717, 1.165) is 0 Å². The summed E-state index contributed by atoms with van der Waals surface area (Å²) in [6, 6.07) is 3.35. The number of aliphatic hydroxyl groups excluding tert-OH is 1. The van der Waals surface area contributed by atoms with Crippen LogP contribution in [0.2, 0.25) is 0 Å². The van der Waals surface area contributed by atoms with E-state index in [1.165, 1.54) is 6.26 Å². The van der Waals surface area contributed by atoms with Crippen LogP contribution in [0.5, 0.6) is 0 Å². The van der Waals surface area contributed by atoms with E-state index in [2.05, 4.69) is 5.32 Å². The molecule has 16 heavy (non-hydrogen) atoms. The van der Waals surface area contributed by atoms with Gasteiger partial charge in [0.1, 0.15) is 11.9 Å². The average Bonchev–Trinajstić information content (AvgIpc) is 2.65. The van der Waals surface area contributed by atoms with Crippen molar-refractivity contribution in [3.63, 3.8) is 0 Å². The SMILES string of the molecule is C[C@@H](C(=O)NC(C)(C)C)[C@@H](O)c1ccco1. The fourth-order valence-corrected chi connectivity index (χ4v) is 1.33. The molecule has 0 bridgehead atoms. The lowest BCUT2D eigenvalue weighted by molar-refractivity contribution is -0.129. The van der Waals surface area contributed by atoms with Crippen molar-refractivity contribution in [2.45, 2.75) is 39.3 Å². The van der Waals surface area contributed by atoms with E-state index in [1.807, 2.05) is 20.8 Å². The van der Waals surface area contributed by atoms with E-state index in [-0.39, 0.29) is 11.4 Å². The average molecular weight is 225 g/mol. The molecule has 0 aromatic carbocycles. The lowest BCUT2D eigenvalue weighted by atomic mass is 9.99. The van der Waals surface area contributed by atoms with Crippen molar-refractivity contribution in [1.82, 2.24) is 5.32 Å². The highest BCUT2D eigenvalue weighted by molar-refractivity contribution is 5.79. The highest BCUT2D eigenvalue weighted by atomic mass is 16.4. The van der Waals surface area contributed by atoms with E-state index in [4.69, 9.17) is 4.42 Å². The molecule has 0 unspecified atom stereocenters. The molecule has 4 nitrogen and oxygen atoms in total. The van der Waals surface area contributed by atoms with Crippen LogP contribution in [0.1, 0.15) is 39.6 Å². The summed E-state index contributed by atoms with van der Waals surface area (Å²) >= 11 is 0. The third-order valence-electron chi connectivity index (χ3n) is 2.22. The second-order valence-electron chi connectivity index (χ2n) is 4.99.